The molecule has 0 bridgehead atoms. The van der Waals surface area contributed by atoms with Gasteiger partial charge in [-0.05, 0) is 30.5 Å². The van der Waals surface area contributed by atoms with E-state index in [2.05, 4.69) is 0 Å². The summed E-state index contributed by atoms with van der Waals surface area (Å²) < 4.78 is 16.6. The number of hydrogen-bond donors (Lipinski definition) is 1. The van der Waals surface area contributed by atoms with Crippen LogP contribution >= 0.6 is 0 Å². The third-order valence-corrected chi connectivity index (χ3v) is 4.51. The van der Waals surface area contributed by atoms with E-state index < -0.39 is 11.4 Å². The van der Waals surface area contributed by atoms with Crippen molar-refractivity contribution in [3.05, 3.63) is 23.8 Å². The number of methoxy groups -OCH3 is 1. The van der Waals surface area contributed by atoms with Gasteiger partial charge in [-0.3, -0.25) is 4.79 Å². The molecule has 1 aliphatic carbocycles. The molecule has 1 saturated heterocycles. The third-order valence-electron chi connectivity index (χ3n) is 4.51. The number of hydrogen-bond acceptors (Lipinski definition) is 4. The smallest absolute Gasteiger partial charge is 0.314 e. The van der Waals surface area contributed by atoms with E-state index in [1.807, 2.05) is 12.1 Å². The maximum absolute atomic E-state index is 11.6. The van der Waals surface area contributed by atoms with Crippen LogP contribution in [0.25, 0.3) is 0 Å². The highest BCUT2D eigenvalue weighted by atomic mass is 16.6. The molecule has 3 rings (SSSR count). The van der Waals surface area contributed by atoms with E-state index in [0.717, 1.165) is 18.4 Å². The Hall–Kier alpha value is -1.75. The minimum atomic E-state index is -0.756. The van der Waals surface area contributed by atoms with Gasteiger partial charge in [-0.25, -0.2) is 0 Å². The Balaban J connectivity index is 1.86. The molecule has 5 heteroatoms. The van der Waals surface area contributed by atoms with E-state index in [1.54, 1.807) is 13.2 Å². The molecule has 0 amide bonds. The van der Waals surface area contributed by atoms with Crippen LogP contribution in [0.15, 0.2) is 18.2 Å². The third kappa shape index (κ3) is 2.46. The molecule has 0 spiro atoms. The largest absolute Gasteiger partial charge is 0.493 e. The molecule has 1 unspecified atom stereocenters. The monoisotopic (exact) mass is 292 g/mol. The van der Waals surface area contributed by atoms with Gasteiger partial charge in [0.15, 0.2) is 11.5 Å². The highest BCUT2D eigenvalue weighted by Gasteiger charge is 2.46. The first kappa shape index (κ1) is 14.2. The summed E-state index contributed by atoms with van der Waals surface area (Å²) in [6.45, 7) is 1.30. The summed E-state index contributed by atoms with van der Waals surface area (Å²) in [6, 6.07) is 5.47. The molecule has 1 atom stereocenters. The lowest BCUT2D eigenvalue weighted by Gasteiger charge is -2.38. The molecule has 114 valence electrons. The van der Waals surface area contributed by atoms with Crippen LogP contribution in [0.3, 0.4) is 0 Å². The summed E-state index contributed by atoms with van der Waals surface area (Å²) in [5.74, 6) is 0.484. The van der Waals surface area contributed by atoms with Gasteiger partial charge in [0.05, 0.1) is 25.7 Å². The molecule has 1 aliphatic heterocycles. The first-order valence-electron chi connectivity index (χ1n) is 7.32. The number of aliphatic carboxylic acids is 1. The Morgan fingerprint density at radius 1 is 1.38 bits per heavy atom. The highest BCUT2D eigenvalue weighted by molar-refractivity contribution is 5.83. The van der Waals surface area contributed by atoms with Gasteiger partial charge in [0.2, 0.25) is 0 Å². The van der Waals surface area contributed by atoms with E-state index in [-0.39, 0.29) is 6.10 Å². The molecule has 5 nitrogen and oxygen atoms in total. The zero-order valence-corrected chi connectivity index (χ0v) is 12.1. The van der Waals surface area contributed by atoms with Gasteiger partial charge in [-0.2, -0.15) is 0 Å². The molecule has 1 saturated carbocycles. The van der Waals surface area contributed by atoms with Crippen LogP contribution in [0.1, 0.15) is 31.2 Å². The molecule has 2 aliphatic rings. The van der Waals surface area contributed by atoms with E-state index in [1.165, 1.54) is 0 Å². The molecule has 0 radical (unpaired) electrons. The number of carbonyl (C=O) groups is 1. The number of carboxylic acid groups (broad SMARTS) is 1. The standard InChI is InChI=1S/C16H20O5/c1-19-14-9-11(16(15(17)18)6-2-7-16)3-4-13(14)21-12-5-8-20-10-12/h3-4,9,12H,2,5-8,10H2,1H3,(H,17,18). The first-order chi connectivity index (χ1) is 10.2. The van der Waals surface area contributed by atoms with E-state index in [9.17, 15) is 9.90 Å². The van der Waals surface area contributed by atoms with Crippen molar-refractivity contribution in [2.24, 2.45) is 0 Å². The second-order valence-electron chi connectivity index (χ2n) is 5.71. The van der Waals surface area contributed by atoms with Crippen LogP contribution in [0.5, 0.6) is 11.5 Å². The molecular weight excluding hydrogens is 272 g/mol. The van der Waals surface area contributed by atoms with Gasteiger partial charge in [0.25, 0.3) is 0 Å². The van der Waals surface area contributed by atoms with Crippen LogP contribution in [0, 0.1) is 0 Å². The van der Waals surface area contributed by atoms with E-state index >= 15 is 0 Å². The number of carboxylic acids is 1. The highest BCUT2D eigenvalue weighted by Crippen LogP contribution is 2.46. The summed E-state index contributed by atoms with van der Waals surface area (Å²) in [4.78, 5) is 11.6. The fourth-order valence-corrected chi connectivity index (χ4v) is 3.00. The van der Waals surface area contributed by atoms with Gasteiger partial charge in [-0.15, -0.1) is 0 Å². The summed E-state index contributed by atoms with van der Waals surface area (Å²) >= 11 is 0. The minimum Gasteiger partial charge on any atom is -0.493 e. The van der Waals surface area contributed by atoms with E-state index in [4.69, 9.17) is 14.2 Å². The Morgan fingerprint density at radius 2 is 2.19 bits per heavy atom. The zero-order valence-electron chi connectivity index (χ0n) is 12.1. The van der Waals surface area contributed by atoms with Gasteiger partial charge in [0.1, 0.15) is 6.10 Å². The Morgan fingerprint density at radius 3 is 2.71 bits per heavy atom. The van der Waals surface area contributed by atoms with Gasteiger partial charge in [-0.1, -0.05) is 12.5 Å². The fourth-order valence-electron chi connectivity index (χ4n) is 3.00. The van der Waals surface area contributed by atoms with Crippen LogP contribution in [-0.2, 0) is 14.9 Å². The lowest BCUT2D eigenvalue weighted by molar-refractivity contribution is -0.147. The molecule has 1 N–H and O–H groups in total. The Kier molecular flexibility index (Phi) is 3.76. The average Bonchev–Trinajstić information content (AvgIpc) is 2.91. The summed E-state index contributed by atoms with van der Waals surface area (Å²) in [5.41, 5.74) is 0.0514. The molecule has 1 heterocycles. The topological polar surface area (TPSA) is 65.0 Å². The predicted molar refractivity (Wildman–Crippen MR) is 76.0 cm³/mol. The maximum atomic E-state index is 11.6. The van der Waals surface area contributed by atoms with Crippen molar-refractivity contribution in [2.75, 3.05) is 20.3 Å². The van der Waals surface area contributed by atoms with Crippen molar-refractivity contribution in [1.29, 1.82) is 0 Å². The van der Waals surface area contributed by atoms with Crippen LogP contribution in [-0.4, -0.2) is 37.5 Å². The van der Waals surface area contributed by atoms with E-state index in [0.29, 0.717) is 37.6 Å². The summed E-state index contributed by atoms with van der Waals surface area (Å²) in [7, 11) is 1.57. The maximum Gasteiger partial charge on any atom is 0.314 e. The molecule has 1 aromatic rings. The molecule has 0 aromatic heterocycles. The zero-order chi connectivity index (χ0) is 14.9. The van der Waals surface area contributed by atoms with Crippen LogP contribution in [0.2, 0.25) is 0 Å². The van der Waals surface area contributed by atoms with Crippen LogP contribution < -0.4 is 9.47 Å². The number of benzene rings is 1. The van der Waals surface area contributed by atoms with Crippen molar-refractivity contribution in [1.82, 2.24) is 0 Å². The fraction of sp³-hybridized carbons (Fsp3) is 0.562. The second-order valence-corrected chi connectivity index (χ2v) is 5.71. The quantitative estimate of drug-likeness (QED) is 0.902. The lowest BCUT2D eigenvalue weighted by atomic mass is 9.64. The van der Waals surface area contributed by atoms with Gasteiger partial charge >= 0.3 is 5.97 Å². The van der Waals surface area contributed by atoms with Gasteiger partial charge in [0, 0.05) is 6.42 Å². The van der Waals surface area contributed by atoms with Crippen molar-refractivity contribution in [3.8, 4) is 11.5 Å². The van der Waals surface area contributed by atoms with Crippen molar-refractivity contribution >= 4 is 5.97 Å². The SMILES string of the molecule is COc1cc(C2(C(=O)O)CCC2)ccc1OC1CCOC1. The minimum absolute atomic E-state index is 0.0434. The lowest BCUT2D eigenvalue weighted by Crippen LogP contribution is -2.42. The molecule has 1 aromatic carbocycles. The number of rotatable bonds is 5. The van der Waals surface area contributed by atoms with Crippen molar-refractivity contribution in [3.63, 3.8) is 0 Å². The van der Waals surface area contributed by atoms with Gasteiger partial charge < -0.3 is 19.3 Å². The van der Waals surface area contributed by atoms with Crippen molar-refractivity contribution < 1.29 is 24.1 Å². The normalized spacial score (nSPS) is 23.4. The average molecular weight is 292 g/mol. The second kappa shape index (κ2) is 5.56. The summed E-state index contributed by atoms with van der Waals surface area (Å²) in [6.07, 6.45) is 3.22. The molecule has 21 heavy (non-hydrogen) atoms. The predicted octanol–water partition coefficient (Wildman–Crippen LogP) is 2.37. The summed E-state index contributed by atoms with van der Waals surface area (Å²) in [5, 5.41) is 9.51. The first-order valence-corrected chi connectivity index (χ1v) is 7.32. The van der Waals surface area contributed by atoms with Crippen LogP contribution in [0.4, 0.5) is 0 Å². The van der Waals surface area contributed by atoms with Crippen molar-refractivity contribution in [2.45, 2.75) is 37.2 Å². The molecule has 2 fully saturated rings. The number of ether oxygens (including phenoxy) is 3. The molecular formula is C16H20O5. The Labute approximate surface area is 123 Å². The Bertz CT molecular complexity index is 529.